The van der Waals surface area contributed by atoms with Gasteiger partial charge in [0.05, 0.1) is 10.5 Å². The van der Waals surface area contributed by atoms with Crippen molar-refractivity contribution in [3.05, 3.63) is 44.0 Å². The third-order valence-corrected chi connectivity index (χ3v) is 1.73. The Morgan fingerprint density at radius 2 is 2.00 bits per heavy atom. The van der Waals surface area contributed by atoms with Gasteiger partial charge >= 0.3 is 0 Å². The van der Waals surface area contributed by atoms with Gasteiger partial charge in [-0.15, -0.1) is 10.1 Å². The summed E-state index contributed by atoms with van der Waals surface area (Å²) in [7, 11) is 0. The van der Waals surface area contributed by atoms with E-state index in [0.29, 0.717) is 0 Å². The van der Waals surface area contributed by atoms with Gasteiger partial charge in [0.25, 0.3) is 16.7 Å². The van der Waals surface area contributed by atoms with Gasteiger partial charge in [-0.05, 0) is 6.07 Å². The second-order valence-corrected chi connectivity index (χ2v) is 2.70. The average Bonchev–Trinajstić information content (AvgIpc) is 2.27. The van der Waals surface area contributed by atoms with Crippen LogP contribution in [0.4, 0.5) is 5.69 Å². The number of nitro groups is 1. The fraction of sp³-hybridized carbons (Fsp3) is 0. The molecule has 0 atom stereocenters. The van der Waals surface area contributed by atoms with Gasteiger partial charge in [-0.3, -0.25) is 25.2 Å². The number of carbonyl (C=O) groups is 1. The van der Waals surface area contributed by atoms with Gasteiger partial charge in [-0.25, -0.2) is 5.84 Å². The van der Waals surface area contributed by atoms with E-state index >= 15 is 0 Å². The van der Waals surface area contributed by atoms with Crippen molar-refractivity contribution in [2.75, 3.05) is 0 Å². The van der Waals surface area contributed by atoms with Crippen LogP contribution in [0.3, 0.4) is 0 Å². The number of rotatable bonds is 4. The fourth-order valence-corrected chi connectivity index (χ4v) is 1.10. The fourth-order valence-electron chi connectivity index (χ4n) is 1.10. The topological polar surface area (TPSA) is 151 Å². The molecule has 0 unspecified atom stereocenters. The molecule has 0 fully saturated rings. The first kappa shape index (κ1) is 12.3. The van der Waals surface area contributed by atoms with E-state index in [-0.39, 0.29) is 0 Å². The van der Waals surface area contributed by atoms with Crippen molar-refractivity contribution in [2.45, 2.75) is 0 Å². The highest BCUT2D eigenvalue weighted by molar-refractivity contribution is 5.97. The van der Waals surface area contributed by atoms with E-state index in [0.717, 1.165) is 12.1 Å². The van der Waals surface area contributed by atoms with Gasteiger partial charge < -0.3 is 0 Å². The van der Waals surface area contributed by atoms with Crippen LogP contribution in [0.1, 0.15) is 10.4 Å². The third kappa shape index (κ3) is 2.63. The summed E-state index contributed by atoms with van der Waals surface area (Å²) in [5.74, 6) is 3.12. The summed E-state index contributed by atoms with van der Waals surface area (Å²) in [5, 5.41) is 19.6. The van der Waals surface area contributed by atoms with Crippen LogP contribution in [0.2, 0.25) is 0 Å². The number of nitro benzene ring substituents is 1. The number of nitrogens with one attached hydrogen (secondary N) is 1. The highest BCUT2D eigenvalue weighted by atomic mass is 17.0. The van der Waals surface area contributed by atoms with Crippen molar-refractivity contribution < 1.29 is 19.6 Å². The van der Waals surface area contributed by atoms with Crippen LogP contribution < -0.4 is 16.1 Å². The normalized spacial score (nSPS) is 9.47. The van der Waals surface area contributed by atoms with Crippen LogP contribution in [-0.2, 0) is 0 Å². The summed E-state index contributed by atoms with van der Waals surface area (Å²) in [6.45, 7) is 0. The van der Waals surface area contributed by atoms with E-state index in [9.17, 15) is 25.0 Å². The van der Waals surface area contributed by atoms with Crippen molar-refractivity contribution in [3.63, 3.8) is 0 Å². The standard InChI is InChI=1S/C7H6N4O6/c8-9-7(12)4-2-1-3-5(10(13)14)6(4)17-11(15)16/h1-3H,8H2,(H,9,12). The predicted octanol–water partition coefficient (Wildman–Crippen LogP) is -0.231. The van der Waals surface area contributed by atoms with Crippen LogP contribution >= 0.6 is 0 Å². The number of carbonyl (C=O) groups excluding carboxylic acids is 1. The molecule has 0 saturated carbocycles. The van der Waals surface area contributed by atoms with E-state index in [1.807, 2.05) is 0 Å². The Balaban J connectivity index is 3.38. The lowest BCUT2D eigenvalue weighted by molar-refractivity contribution is -0.711. The molecule has 0 saturated heterocycles. The van der Waals surface area contributed by atoms with Crippen LogP contribution in [0.5, 0.6) is 5.75 Å². The monoisotopic (exact) mass is 242 g/mol. The number of para-hydroxylation sites is 1. The molecule has 0 aliphatic carbocycles. The maximum Gasteiger partial charge on any atom is 0.300 e. The number of hydrazine groups is 1. The number of hydrogen-bond donors (Lipinski definition) is 2. The SMILES string of the molecule is NNC(=O)c1cccc([N+](=O)[O-])c1O[N+](=O)[O-]. The molecule has 1 aromatic carbocycles. The zero-order valence-electron chi connectivity index (χ0n) is 8.15. The molecular formula is C7H6N4O6. The number of benzene rings is 1. The molecular weight excluding hydrogens is 236 g/mol. The highest BCUT2D eigenvalue weighted by Gasteiger charge is 2.24. The molecule has 90 valence electrons. The number of nitrogens with two attached hydrogens (primary N) is 1. The second kappa shape index (κ2) is 4.85. The Morgan fingerprint density at radius 1 is 1.35 bits per heavy atom. The minimum atomic E-state index is -1.25. The largest absolute Gasteiger partial charge is 0.300 e. The Bertz CT molecular complexity index is 487. The van der Waals surface area contributed by atoms with Gasteiger partial charge in [0.2, 0.25) is 5.75 Å². The van der Waals surface area contributed by atoms with E-state index in [2.05, 4.69) is 4.84 Å². The molecule has 1 rings (SSSR count). The minimum Gasteiger partial charge on any atom is -0.290 e. The molecule has 0 aromatic heterocycles. The number of nitrogens with zero attached hydrogens (tertiary/aromatic N) is 2. The summed E-state index contributed by atoms with van der Waals surface area (Å²) >= 11 is 0. The van der Waals surface area contributed by atoms with Crippen LogP contribution in [0.25, 0.3) is 0 Å². The summed E-state index contributed by atoms with van der Waals surface area (Å²) in [5.41, 5.74) is 0.587. The summed E-state index contributed by atoms with van der Waals surface area (Å²) < 4.78 is 0. The van der Waals surface area contributed by atoms with E-state index < -0.39 is 32.9 Å². The van der Waals surface area contributed by atoms with Gasteiger partial charge in [0.1, 0.15) is 0 Å². The molecule has 10 heteroatoms. The minimum absolute atomic E-state index is 0.404. The predicted molar refractivity (Wildman–Crippen MR) is 52.4 cm³/mol. The number of hydrogen-bond acceptors (Lipinski definition) is 7. The zero-order valence-corrected chi connectivity index (χ0v) is 8.15. The van der Waals surface area contributed by atoms with E-state index in [4.69, 9.17) is 5.84 Å². The molecule has 10 nitrogen and oxygen atoms in total. The van der Waals surface area contributed by atoms with Crippen LogP contribution in [0.15, 0.2) is 18.2 Å². The van der Waals surface area contributed by atoms with E-state index in [1.54, 1.807) is 5.43 Å². The van der Waals surface area contributed by atoms with Gasteiger partial charge in [-0.1, -0.05) is 6.07 Å². The summed E-state index contributed by atoms with van der Waals surface area (Å²) in [6, 6.07) is 3.25. The molecule has 0 spiro atoms. The average molecular weight is 242 g/mol. The molecule has 0 aliphatic rings. The maximum atomic E-state index is 11.2. The van der Waals surface area contributed by atoms with Crippen molar-refractivity contribution in [2.24, 2.45) is 5.84 Å². The summed E-state index contributed by atoms with van der Waals surface area (Å²) in [4.78, 5) is 35.2. The lowest BCUT2D eigenvalue weighted by atomic mass is 10.1. The smallest absolute Gasteiger partial charge is 0.290 e. The van der Waals surface area contributed by atoms with Gasteiger partial charge in [0.15, 0.2) is 0 Å². The van der Waals surface area contributed by atoms with Gasteiger partial charge in [0, 0.05) is 6.07 Å². The van der Waals surface area contributed by atoms with Crippen molar-refractivity contribution in [3.8, 4) is 5.75 Å². The first-order valence-electron chi connectivity index (χ1n) is 4.08. The first-order valence-corrected chi connectivity index (χ1v) is 4.08. The molecule has 0 aliphatic heterocycles. The second-order valence-electron chi connectivity index (χ2n) is 2.70. The Labute approximate surface area is 93.2 Å². The zero-order chi connectivity index (χ0) is 13.0. The van der Waals surface area contributed by atoms with Crippen LogP contribution in [0, 0.1) is 20.2 Å². The molecule has 1 amide bonds. The van der Waals surface area contributed by atoms with Crippen LogP contribution in [-0.4, -0.2) is 15.9 Å². The van der Waals surface area contributed by atoms with Crippen molar-refractivity contribution >= 4 is 11.6 Å². The molecule has 1 aromatic rings. The number of nitrogen functional groups attached to an aromatic ring is 1. The molecule has 0 bridgehead atoms. The highest BCUT2D eigenvalue weighted by Crippen LogP contribution is 2.30. The lowest BCUT2D eigenvalue weighted by Crippen LogP contribution is -2.30. The first-order chi connectivity index (χ1) is 7.97. The summed E-state index contributed by atoms with van der Waals surface area (Å²) in [6.07, 6.45) is 0. The lowest BCUT2D eigenvalue weighted by Gasteiger charge is -2.06. The quantitative estimate of drug-likeness (QED) is 0.320. The van der Waals surface area contributed by atoms with Gasteiger partial charge in [-0.2, -0.15) is 0 Å². The molecule has 0 heterocycles. The number of amides is 1. The van der Waals surface area contributed by atoms with Crippen molar-refractivity contribution in [1.82, 2.24) is 5.43 Å². The Morgan fingerprint density at radius 3 is 2.47 bits per heavy atom. The molecule has 17 heavy (non-hydrogen) atoms. The van der Waals surface area contributed by atoms with Crippen molar-refractivity contribution in [1.29, 1.82) is 0 Å². The Kier molecular flexibility index (Phi) is 3.51. The Hall–Kier alpha value is -2.75. The molecule has 3 N–H and O–H groups in total. The third-order valence-electron chi connectivity index (χ3n) is 1.73. The maximum absolute atomic E-state index is 11.2. The van der Waals surface area contributed by atoms with E-state index in [1.165, 1.54) is 6.07 Å². The molecule has 0 radical (unpaired) electrons.